The van der Waals surface area contributed by atoms with Crippen LogP contribution >= 0.6 is 23.1 Å². The lowest BCUT2D eigenvalue weighted by Crippen LogP contribution is -2.27. The van der Waals surface area contributed by atoms with Gasteiger partial charge in [0.1, 0.15) is 9.77 Å². The molecule has 3 rings (SSSR count). The molecule has 0 aliphatic rings. The summed E-state index contributed by atoms with van der Waals surface area (Å²) < 4.78 is 0.161. The first-order chi connectivity index (χ1) is 10.5. The highest BCUT2D eigenvalue weighted by atomic mass is 32.2. The van der Waals surface area contributed by atoms with Gasteiger partial charge in [0.2, 0.25) is 0 Å². The van der Waals surface area contributed by atoms with E-state index < -0.39 is 10.7 Å². The molecule has 0 saturated heterocycles. The Morgan fingerprint density at radius 2 is 1.95 bits per heavy atom. The summed E-state index contributed by atoms with van der Waals surface area (Å²) in [6.45, 7) is 3.36. The van der Waals surface area contributed by atoms with Crippen LogP contribution in [0, 0.1) is 0 Å². The lowest BCUT2D eigenvalue weighted by molar-refractivity contribution is -0.138. The molecule has 0 atom stereocenters. The Morgan fingerprint density at radius 3 is 2.73 bits per heavy atom. The second-order valence-electron chi connectivity index (χ2n) is 5.28. The van der Waals surface area contributed by atoms with Gasteiger partial charge in [0.25, 0.3) is 0 Å². The van der Waals surface area contributed by atoms with E-state index in [1.54, 1.807) is 31.4 Å². The number of thiazole rings is 1. The zero-order valence-corrected chi connectivity index (χ0v) is 13.7. The van der Waals surface area contributed by atoms with E-state index in [1.165, 1.54) is 11.8 Å². The summed E-state index contributed by atoms with van der Waals surface area (Å²) in [6.07, 6.45) is 1.69. The van der Waals surface area contributed by atoms with E-state index in [1.807, 2.05) is 35.8 Å². The number of rotatable bonds is 4. The van der Waals surface area contributed by atoms with Crippen molar-refractivity contribution in [3.63, 3.8) is 0 Å². The first kappa shape index (κ1) is 15.0. The Hall–Kier alpha value is -1.92. The molecule has 1 aromatic carbocycles. The van der Waals surface area contributed by atoms with Crippen molar-refractivity contribution in [1.29, 1.82) is 0 Å². The molecule has 0 radical (unpaired) electrons. The van der Waals surface area contributed by atoms with E-state index in [0.29, 0.717) is 5.03 Å². The third-order valence-electron chi connectivity index (χ3n) is 3.29. The number of pyridine rings is 1. The molecular formula is C16H14N2O2S2. The van der Waals surface area contributed by atoms with Gasteiger partial charge in [-0.2, -0.15) is 0 Å². The number of carbonyl (C=O) groups is 1. The number of nitrogens with zero attached hydrogens (tertiary/aromatic N) is 2. The maximum atomic E-state index is 11.4. The highest BCUT2D eigenvalue weighted by molar-refractivity contribution is 8.01. The van der Waals surface area contributed by atoms with E-state index in [2.05, 4.69) is 9.97 Å². The van der Waals surface area contributed by atoms with E-state index in [4.69, 9.17) is 0 Å². The number of thioether (sulfide) groups is 1. The summed E-state index contributed by atoms with van der Waals surface area (Å²) in [4.78, 5) is 20.2. The number of carboxylic acid groups (broad SMARTS) is 1. The molecule has 0 unspecified atom stereocenters. The summed E-state index contributed by atoms with van der Waals surface area (Å²) in [7, 11) is 0. The molecule has 2 heterocycles. The molecule has 1 N–H and O–H groups in total. The number of para-hydroxylation sites is 1. The molecule has 0 aliphatic heterocycles. The number of hydrogen-bond donors (Lipinski definition) is 1. The fourth-order valence-electron chi connectivity index (χ4n) is 2.07. The molecule has 3 aromatic rings. The van der Waals surface area contributed by atoms with Gasteiger partial charge in [-0.05, 0) is 26.0 Å². The van der Waals surface area contributed by atoms with Crippen molar-refractivity contribution in [2.45, 2.75) is 23.6 Å². The van der Waals surface area contributed by atoms with Gasteiger partial charge in [0.05, 0.1) is 15.7 Å². The van der Waals surface area contributed by atoms with E-state index in [-0.39, 0.29) is 0 Å². The Morgan fingerprint density at radius 1 is 1.18 bits per heavy atom. The average molecular weight is 330 g/mol. The van der Waals surface area contributed by atoms with Gasteiger partial charge in [-0.15, -0.1) is 11.3 Å². The summed E-state index contributed by atoms with van der Waals surface area (Å²) in [5.74, 6) is -0.860. The van der Waals surface area contributed by atoms with Crippen LogP contribution in [-0.4, -0.2) is 25.8 Å². The van der Waals surface area contributed by atoms with Gasteiger partial charge >= 0.3 is 5.97 Å². The van der Waals surface area contributed by atoms with Crippen LogP contribution in [0.15, 0.2) is 47.1 Å². The average Bonchev–Trinajstić information content (AvgIpc) is 2.95. The van der Waals surface area contributed by atoms with Crippen molar-refractivity contribution in [2.75, 3.05) is 0 Å². The first-order valence-electron chi connectivity index (χ1n) is 6.69. The number of hydrogen-bond acceptors (Lipinski definition) is 5. The maximum Gasteiger partial charge on any atom is 0.319 e. The van der Waals surface area contributed by atoms with Crippen molar-refractivity contribution >= 4 is 39.3 Å². The highest BCUT2D eigenvalue weighted by Gasteiger charge is 2.30. The second-order valence-corrected chi connectivity index (χ2v) is 7.78. The molecule has 0 fully saturated rings. The van der Waals surface area contributed by atoms with Crippen LogP contribution in [0.1, 0.15) is 13.8 Å². The monoisotopic (exact) mass is 330 g/mol. The molecule has 0 amide bonds. The van der Waals surface area contributed by atoms with Crippen LogP contribution in [0.3, 0.4) is 0 Å². The lowest BCUT2D eigenvalue weighted by atomic mass is 10.1. The smallest absolute Gasteiger partial charge is 0.319 e. The second kappa shape index (κ2) is 5.70. The topological polar surface area (TPSA) is 63.1 Å². The zero-order chi connectivity index (χ0) is 15.7. The van der Waals surface area contributed by atoms with Crippen LogP contribution in [0.25, 0.3) is 21.3 Å². The first-order valence-corrected chi connectivity index (χ1v) is 8.38. The summed E-state index contributed by atoms with van der Waals surface area (Å²) in [6, 6.07) is 9.83. The third-order valence-corrected chi connectivity index (χ3v) is 5.29. The third kappa shape index (κ3) is 2.71. The van der Waals surface area contributed by atoms with Crippen LogP contribution in [-0.2, 0) is 4.79 Å². The molecule has 4 nitrogen and oxygen atoms in total. The summed E-state index contributed by atoms with van der Waals surface area (Å²) in [5, 5.41) is 10.0. The van der Waals surface area contributed by atoms with Crippen molar-refractivity contribution in [1.82, 2.24) is 9.97 Å². The summed E-state index contributed by atoms with van der Waals surface area (Å²) >= 11 is 2.84. The molecule has 0 aliphatic carbocycles. The van der Waals surface area contributed by atoms with Gasteiger partial charge in [-0.25, -0.2) is 9.97 Å². The minimum absolute atomic E-state index is 0.704. The van der Waals surface area contributed by atoms with E-state index >= 15 is 0 Å². The van der Waals surface area contributed by atoms with Crippen molar-refractivity contribution in [3.8, 4) is 11.1 Å². The predicted octanol–water partition coefficient (Wildman–Crippen LogP) is 4.31. The Balaban J connectivity index is 2.13. The number of aromatic nitrogens is 2. The van der Waals surface area contributed by atoms with Crippen molar-refractivity contribution < 1.29 is 9.90 Å². The number of fused-ring (bicyclic) bond motifs is 1. The number of carboxylic acids is 1. The SMILES string of the molecule is CC(C)(Sc1ncccc1-c1cccc2scnc12)C(=O)O. The summed E-state index contributed by atoms with van der Waals surface area (Å²) in [5.41, 5.74) is 4.64. The van der Waals surface area contributed by atoms with Gasteiger partial charge in [-0.1, -0.05) is 30.0 Å². The van der Waals surface area contributed by atoms with Crippen LogP contribution in [0.2, 0.25) is 0 Å². The highest BCUT2D eigenvalue weighted by Crippen LogP contribution is 2.39. The van der Waals surface area contributed by atoms with Gasteiger partial charge in [-0.3, -0.25) is 4.79 Å². The van der Waals surface area contributed by atoms with Gasteiger partial charge in [0, 0.05) is 17.3 Å². The van der Waals surface area contributed by atoms with E-state index in [0.717, 1.165) is 21.3 Å². The zero-order valence-electron chi connectivity index (χ0n) is 12.1. The lowest BCUT2D eigenvalue weighted by Gasteiger charge is -2.19. The molecule has 2 aromatic heterocycles. The quantitative estimate of drug-likeness (QED) is 0.722. The van der Waals surface area contributed by atoms with Crippen molar-refractivity contribution in [2.24, 2.45) is 0 Å². The van der Waals surface area contributed by atoms with Crippen LogP contribution in [0.5, 0.6) is 0 Å². The molecule has 0 spiro atoms. The number of aliphatic carboxylic acids is 1. The minimum Gasteiger partial charge on any atom is -0.480 e. The molecule has 112 valence electrons. The fourth-order valence-corrected chi connectivity index (χ4v) is 3.74. The van der Waals surface area contributed by atoms with Crippen molar-refractivity contribution in [3.05, 3.63) is 42.0 Å². The Bertz CT molecular complexity index is 843. The largest absolute Gasteiger partial charge is 0.480 e. The van der Waals surface area contributed by atoms with Gasteiger partial charge in [0.15, 0.2) is 0 Å². The molecule has 0 bridgehead atoms. The van der Waals surface area contributed by atoms with Crippen LogP contribution < -0.4 is 0 Å². The standard InChI is InChI=1S/C16H14N2O2S2/c1-16(2,15(19)20)22-14-11(6-4-8-17-14)10-5-3-7-12-13(10)18-9-21-12/h3-9H,1-2H3,(H,19,20). The van der Waals surface area contributed by atoms with E-state index in [9.17, 15) is 9.90 Å². The maximum absolute atomic E-state index is 11.4. The minimum atomic E-state index is -0.945. The Kier molecular flexibility index (Phi) is 3.88. The normalized spacial score (nSPS) is 11.7. The number of benzene rings is 1. The molecule has 6 heteroatoms. The Labute approximate surface area is 136 Å². The predicted molar refractivity (Wildman–Crippen MR) is 90.4 cm³/mol. The molecule has 22 heavy (non-hydrogen) atoms. The molecular weight excluding hydrogens is 316 g/mol. The molecule has 0 saturated carbocycles. The van der Waals surface area contributed by atoms with Gasteiger partial charge < -0.3 is 5.11 Å². The fraction of sp³-hybridized carbons (Fsp3) is 0.188. The van der Waals surface area contributed by atoms with Crippen LogP contribution in [0.4, 0.5) is 0 Å².